The van der Waals surface area contributed by atoms with E-state index in [-0.39, 0.29) is 6.61 Å². The number of cyclic esters (lactones) is 1. The molecule has 2 heterocycles. The maximum atomic E-state index is 11.5. The predicted molar refractivity (Wildman–Crippen MR) is 116 cm³/mol. The lowest BCUT2D eigenvalue weighted by atomic mass is 9.99. The summed E-state index contributed by atoms with van der Waals surface area (Å²) in [5, 5.41) is 9.07. The lowest BCUT2D eigenvalue weighted by Crippen LogP contribution is -2.02. The molecule has 1 aliphatic rings. The number of rotatable bonds is 12. The second-order valence-corrected chi connectivity index (χ2v) is 7.97. The van der Waals surface area contributed by atoms with Gasteiger partial charge < -0.3 is 14.3 Å². The van der Waals surface area contributed by atoms with Gasteiger partial charge in [-0.2, -0.15) is 0 Å². The molecular weight excluding hydrogens is 364 g/mol. The van der Waals surface area contributed by atoms with Crippen LogP contribution in [-0.4, -0.2) is 17.7 Å². The molecule has 0 amide bonds. The monoisotopic (exact) mass is 398 g/mol. The van der Waals surface area contributed by atoms with Gasteiger partial charge in [-0.25, -0.2) is 4.79 Å². The van der Waals surface area contributed by atoms with Gasteiger partial charge in [0, 0.05) is 0 Å². The first kappa shape index (κ1) is 23.0. The van der Waals surface area contributed by atoms with Gasteiger partial charge in [0.25, 0.3) is 0 Å². The average Bonchev–Trinajstić information content (AvgIpc) is 3.31. The zero-order valence-corrected chi connectivity index (χ0v) is 17.9. The molecule has 0 saturated heterocycles. The van der Waals surface area contributed by atoms with Gasteiger partial charge in [-0.05, 0) is 88.5 Å². The SMILES string of the molecule is CC(=CCCc1ccoc1)CCC=C(C)CCCC(C)C=C1C=C(CO)C(=O)O1. The number of esters is 1. The molecule has 1 unspecified atom stereocenters. The number of aliphatic hydroxyl groups excluding tert-OH is 1. The van der Waals surface area contributed by atoms with Crippen LogP contribution in [0.5, 0.6) is 0 Å². The smallest absolute Gasteiger partial charge is 0.341 e. The topological polar surface area (TPSA) is 59.7 Å². The van der Waals surface area contributed by atoms with Crippen molar-refractivity contribution in [1.29, 1.82) is 0 Å². The Bertz CT molecular complexity index is 763. The molecule has 0 radical (unpaired) electrons. The summed E-state index contributed by atoms with van der Waals surface area (Å²) in [6, 6.07) is 2.02. The van der Waals surface area contributed by atoms with E-state index in [1.54, 1.807) is 12.3 Å². The lowest BCUT2D eigenvalue weighted by molar-refractivity contribution is -0.133. The van der Waals surface area contributed by atoms with Gasteiger partial charge in [0.05, 0.1) is 24.7 Å². The summed E-state index contributed by atoms with van der Waals surface area (Å²) >= 11 is 0. The van der Waals surface area contributed by atoms with Crippen LogP contribution < -0.4 is 0 Å². The van der Waals surface area contributed by atoms with Crippen molar-refractivity contribution in [3.05, 3.63) is 70.9 Å². The molecule has 0 spiro atoms. The van der Waals surface area contributed by atoms with Crippen molar-refractivity contribution in [2.75, 3.05) is 6.61 Å². The predicted octanol–water partition coefficient (Wildman–Crippen LogP) is 6.05. The third-order valence-corrected chi connectivity index (χ3v) is 5.18. The molecule has 1 N–H and O–H groups in total. The Morgan fingerprint density at radius 1 is 1.17 bits per heavy atom. The van der Waals surface area contributed by atoms with Gasteiger partial charge in [0.1, 0.15) is 5.76 Å². The zero-order chi connectivity index (χ0) is 21.1. The molecular formula is C25H34O4. The Morgan fingerprint density at radius 2 is 1.93 bits per heavy atom. The number of hydrogen-bond donors (Lipinski definition) is 1. The van der Waals surface area contributed by atoms with Crippen LogP contribution in [0.2, 0.25) is 0 Å². The van der Waals surface area contributed by atoms with Crippen molar-refractivity contribution < 1.29 is 19.1 Å². The number of hydrogen-bond acceptors (Lipinski definition) is 4. The fourth-order valence-electron chi connectivity index (χ4n) is 3.36. The zero-order valence-electron chi connectivity index (χ0n) is 17.9. The van der Waals surface area contributed by atoms with Gasteiger partial charge in [0.15, 0.2) is 0 Å². The summed E-state index contributed by atoms with van der Waals surface area (Å²) in [5.74, 6) is 0.463. The second kappa shape index (κ2) is 12.3. The van der Waals surface area contributed by atoms with Crippen LogP contribution >= 0.6 is 0 Å². The number of aliphatic hydroxyl groups is 1. The fraction of sp³-hybridized carbons (Fsp3) is 0.480. The summed E-state index contributed by atoms with van der Waals surface area (Å²) in [5.41, 5.74) is 4.46. The summed E-state index contributed by atoms with van der Waals surface area (Å²) in [7, 11) is 0. The summed E-state index contributed by atoms with van der Waals surface area (Å²) in [6.07, 6.45) is 19.4. The Kier molecular flexibility index (Phi) is 9.72. The Hall–Kier alpha value is -2.33. The molecule has 29 heavy (non-hydrogen) atoms. The van der Waals surface area contributed by atoms with Crippen LogP contribution in [0.3, 0.4) is 0 Å². The minimum atomic E-state index is -0.435. The van der Waals surface area contributed by atoms with E-state index in [2.05, 4.69) is 32.9 Å². The highest BCUT2D eigenvalue weighted by atomic mass is 16.5. The molecule has 0 bridgehead atoms. The summed E-state index contributed by atoms with van der Waals surface area (Å²) in [4.78, 5) is 11.5. The highest BCUT2D eigenvalue weighted by Gasteiger charge is 2.20. The van der Waals surface area contributed by atoms with E-state index in [0.29, 0.717) is 17.3 Å². The molecule has 1 atom stereocenters. The highest BCUT2D eigenvalue weighted by molar-refractivity contribution is 5.92. The minimum absolute atomic E-state index is 0.270. The number of furan rings is 1. The first-order valence-electron chi connectivity index (χ1n) is 10.6. The van der Waals surface area contributed by atoms with Gasteiger partial charge in [-0.1, -0.05) is 30.2 Å². The third kappa shape index (κ3) is 8.70. The van der Waals surface area contributed by atoms with Crippen LogP contribution in [0.1, 0.15) is 64.9 Å². The molecule has 1 aliphatic heterocycles. The first-order valence-corrected chi connectivity index (χ1v) is 10.6. The number of carbonyl (C=O) groups is 1. The van der Waals surface area contributed by atoms with E-state index >= 15 is 0 Å². The third-order valence-electron chi connectivity index (χ3n) is 5.18. The van der Waals surface area contributed by atoms with Crippen molar-refractivity contribution in [3.8, 4) is 0 Å². The van der Waals surface area contributed by atoms with Crippen molar-refractivity contribution in [2.24, 2.45) is 5.92 Å². The van der Waals surface area contributed by atoms with Gasteiger partial charge in [-0.15, -0.1) is 0 Å². The molecule has 1 aromatic heterocycles. The maximum absolute atomic E-state index is 11.5. The van der Waals surface area contributed by atoms with E-state index in [4.69, 9.17) is 14.3 Å². The van der Waals surface area contributed by atoms with E-state index in [9.17, 15) is 4.79 Å². The Morgan fingerprint density at radius 3 is 2.62 bits per heavy atom. The Labute approximate surface area is 174 Å². The molecule has 0 fully saturated rings. The van der Waals surface area contributed by atoms with Crippen LogP contribution in [0.15, 0.2) is 69.8 Å². The highest BCUT2D eigenvalue weighted by Crippen LogP contribution is 2.21. The largest absolute Gasteiger partial charge is 0.472 e. The number of allylic oxidation sites excluding steroid dienone is 6. The van der Waals surface area contributed by atoms with Crippen LogP contribution in [0.4, 0.5) is 0 Å². The maximum Gasteiger partial charge on any atom is 0.341 e. The summed E-state index contributed by atoms with van der Waals surface area (Å²) in [6.45, 7) is 6.27. The quantitative estimate of drug-likeness (QED) is 0.344. The molecule has 2 rings (SSSR count). The van der Waals surface area contributed by atoms with E-state index in [1.165, 1.54) is 16.7 Å². The normalized spacial score (nSPS) is 17.6. The number of aryl methyl sites for hydroxylation is 1. The molecule has 158 valence electrons. The van der Waals surface area contributed by atoms with E-state index in [1.807, 2.05) is 18.4 Å². The summed E-state index contributed by atoms with van der Waals surface area (Å²) < 4.78 is 10.2. The first-order chi connectivity index (χ1) is 14.0. The van der Waals surface area contributed by atoms with E-state index < -0.39 is 5.97 Å². The van der Waals surface area contributed by atoms with E-state index in [0.717, 1.165) is 44.9 Å². The van der Waals surface area contributed by atoms with Gasteiger partial charge in [0.2, 0.25) is 0 Å². The van der Waals surface area contributed by atoms with Crippen LogP contribution in [0.25, 0.3) is 0 Å². The average molecular weight is 399 g/mol. The molecule has 4 heteroatoms. The molecule has 0 saturated carbocycles. The lowest BCUT2D eigenvalue weighted by Gasteiger charge is -2.08. The molecule has 0 aliphatic carbocycles. The van der Waals surface area contributed by atoms with Crippen molar-refractivity contribution >= 4 is 5.97 Å². The molecule has 4 nitrogen and oxygen atoms in total. The molecule has 0 aromatic carbocycles. The van der Waals surface area contributed by atoms with Gasteiger partial charge >= 0.3 is 5.97 Å². The minimum Gasteiger partial charge on any atom is -0.472 e. The number of carbonyl (C=O) groups excluding carboxylic acids is 1. The van der Waals surface area contributed by atoms with Crippen molar-refractivity contribution in [1.82, 2.24) is 0 Å². The van der Waals surface area contributed by atoms with Crippen molar-refractivity contribution in [3.63, 3.8) is 0 Å². The van der Waals surface area contributed by atoms with Crippen LogP contribution in [-0.2, 0) is 16.0 Å². The Balaban J connectivity index is 1.62. The van der Waals surface area contributed by atoms with Crippen LogP contribution in [0, 0.1) is 5.92 Å². The second-order valence-electron chi connectivity index (χ2n) is 7.97. The fourth-order valence-corrected chi connectivity index (χ4v) is 3.36. The standard InChI is InChI=1S/C25H34O4/c1-19(7-4-8-20(2)10-6-12-22-13-14-28-18-22)9-5-11-21(3)15-24-16-23(17-26)25(27)29-24/h7,10,13-16,18,21,26H,4-6,8-9,11-12,17H2,1-3H3. The van der Waals surface area contributed by atoms with Gasteiger partial charge in [-0.3, -0.25) is 0 Å². The number of ether oxygens (including phenoxy) is 1. The molecule has 1 aromatic rings. The van der Waals surface area contributed by atoms with Crippen molar-refractivity contribution in [2.45, 2.75) is 65.7 Å².